The number of thiophene rings is 1. The monoisotopic (exact) mass is 421 g/mol. The third kappa shape index (κ3) is 5.23. The van der Waals surface area contributed by atoms with Crippen molar-refractivity contribution in [2.45, 2.75) is 17.7 Å². The van der Waals surface area contributed by atoms with E-state index in [1.165, 1.54) is 33.9 Å². The van der Waals surface area contributed by atoms with Crippen LogP contribution in [-0.4, -0.2) is 36.8 Å². The van der Waals surface area contributed by atoms with E-state index < -0.39 is 10.0 Å². The molecule has 0 saturated carbocycles. The van der Waals surface area contributed by atoms with E-state index in [9.17, 15) is 13.2 Å². The molecule has 6 nitrogen and oxygen atoms in total. The first kappa shape index (κ1) is 19.7. The Bertz CT molecular complexity index is 930. The van der Waals surface area contributed by atoms with E-state index in [4.69, 9.17) is 12.2 Å². The van der Waals surface area contributed by atoms with Crippen LogP contribution in [0.4, 0.5) is 5.69 Å². The second-order valence-electron chi connectivity index (χ2n) is 5.93. The molecule has 2 aromatic rings. The van der Waals surface area contributed by atoms with Gasteiger partial charge in [0.1, 0.15) is 0 Å². The molecule has 142 valence electrons. The van der Waals surface area contributed by atoms with Crippen LogP contribution in [0.1, 0.15) is 17.7 Å². The molecule has 1 aromatic carbocycles. The van der Waals surface area contributed by atoms with Gasteiger partial charge in [-0.2, -0.15) is 4.31 Å². The summed E-state index contributed by atoms with van der Waals surface area (Å²) in [5.74, 6) is -0.339. The molecule has 1 aliphatic rings. The zero-order chi connectivity index (χ0) is 19.3. The summed E-state index contributed by atoms with van der Waals surface area (Å²) in [6.07, 6.45) is 4.91. The molecule has 1 saturated heterocycles. The SMILES string of the molecule is O=C(C=Cc1cccs1)NC(=S)Nc1ccc(S(=O)(=O)N2CCCC2)cc1. The number of amides is 1. The summed E-state index contributed by atoms with van der Waals surface area (Å²) in [7, 11) is -3.44. The van der Waals surface area contributed by atoms with Gasteiger partial charge in [0.05, 0.1) is 4.90 Å². The maximum absolute atomic E-state index is 12.5. The van der Waals surface area contributed by atoms with E-state index in [1.807, 2.05) is 17.5 Å². The Morgan fingerprint density at radius 2 is 1.85 bits per heavy atom. The fraction of sp³-hybridized carbons (Fsp3) is 0.222. The Labute approximate surface area is 167 Å². The summed E-state index contributed by atoms with van der Waals surface area (Å²) in [6.45, 7) is 1.13. The highest BCUT2D eigenvalue weighted by Crippen LogP contribution is 2.22. The van der Waals surface area contributed by atoms with Crippen molar-refractivity contribution in [1.82, 2.24) is 9.62 Å². The van der Waals surface area contributed by atoms with Crippen LogP contribution in [0.5, 0.6) is 0 Å². The second kappa shape index (κ2) is 8.75. The van der Waals surface area contributed by atoms with Gasteiger partial charge in [-0.3, -0.25) is 10.1 Å². The Morgan fingerprint density at radius 3 is 2.48 bits per heavy atom. The fourth-order valence-corrected chi connectivity index (χ4v) is 5.00. The smallest absolute Gasteiger partial charge is 0.250 e. The molecule has 0 radical (unpaired) electrons. The molecule has 0 unspecified atom stereocenters. The molecule has 1 aliphatic heterocycles. The maximum atomic E-state index is 12.5. The molecule has 0 bridgehead atoms. The molecular weight excluding hydrogens is 402 g/mol. The van der Waals surface area contributed by atoms with Crippen molar-refractivity contribution in [3.63, 3.8) is 0 Å². The van der Waals surface area contributed by atoms with Gasteiger partial charge in [0.25, 0.3) is 0 Å². The summed E-state index contributed by atoms with van der Waals surface area (Å²) in [4.78, 5) is 13.1. The average Bonchev–Trinajstić information content (AvgIpc) is 3.34. The van der Waals surface area contributed by atoms with Gasteiger partial charge in [-0.25, -0.2) is 8.42 Å². The summed E-state index contributed by atoms with van der Waals surface area (Å²) >= 11 is 6.65. The highest BCUT2D eigenvalue weighted by atomic mass is 32.2. The van der Waals surface area contributed by atoms with E-state index in [0.717, 1.165) is 17.7 Å². The number of carbonyl (C=O) groups excluding carboxylic acids is 1. The van der Waals surface area contributed by atoms with Crippen molar-refractivity contribution >= 4 is 56.4 Å². The van der Waals surface area contributed by atoms with Gasteiger partial charge in [-0.15, -0.1) is 11.3 Å². The topological polar surface area (TPSA) is 78.5 Å². The first-order chi connectivity index (χ1) is 12.9. The van der Waals surface area contributed by atoms with Crippen LogP contribution in [0.2, 0.25) is 0 Å². The molecule has 1 aromatic heterocycles. The summed E-state index contributed by atoms with van der Waals surface area (Å²) < 4.78 is 26.5. The van der Waals surface area contributed by atoms with Crippen molar-refractivity contribution < 1.29 is 13.2 Å². The second-order valence-corrected chi connectivity index (χ2v) is 9.25. The number of hydrogen-bond donors (Lipinski definition) is 2. The molecule has 1 amide bonds. The lowest BCUT2D eigenvalue weighted by molar-refractivity contribution is -0.115. The van der Waals surface area contributed by atoms with E-state index in [-0.39, 0.29) is 15.9 Å². The van der Waals surface area contributed by atoms with E-state index in [1.54, 1.807) is 18.2 Å². The predicted molar refractivity (Wildman–Crippen MR) is 112 cm³/mol. The number of nitrogens with one attached hydrogen (secondary N) is 2. The fourth-order valence-electron chi connectivity index (χ4n) is 2.65. The molecule has 3 rings (SSSR count). The van der Waals surface area contributed by atoms with Gasteiger partial charge in [-0.05, 0) is 66.8 Å². The van der Waals surface area contributed by atoms with Gasteiger partial charge in [-0.1, -0.05) is 6.07 Å². The summed E-state index contributed by atoms with van der Waals surface area (Å²) in [5, 5.41) is 7.50. The van der Waals surface area contributed by atoms with E-state index in [0.29, 0.717) is 18.8 Å². The zero-order valence-electron chi connectivity index (χ0n) is 14.4. The van der Waals surface area contributed by atoms with Gasteiger partial charge in [0, 0.05) is 29.7 Å². The maximum Gasteiger partial charge on any atom is 0.250 e. The van der Waals surface area contributed by atoms with Gasteiger partial charge in [0.15, 0.2) is 5.11 Å². The number of sulfonamides is 1. The number of thiocarbonyl (C=S) groups is 1. The van der Waals surface area contributed by atoms with E-state index in [2.05, 4.69) is 10.6 Å². The minimum atomic E-state index is -3.44. The summed E-state index contributed by atoms with van der Waals surface area (Å²) in [5.41, 5.74) is 0.600. The van der Waals surface area contributed by atoms with Crippen molar-refractivity contribution in [3.05, 3.63) is 52.7 Å². The Kier molecular flexibility index (Phi) is 6.38. The lowest BCUT2D eigenvalue weighted by atomic mass is 10.3. The first-order valence-corrected chi connectivity index (χ1v) is 11.1. The number of hydrogen-bond acceptors (Lipinski definition) is 5. The third-order valence-corrected chi connectivity index (χ3v) is 6.95. The number of anilines is 1. The Hall–Kier alpha value is -2.07. The minimum absolute atomic E-state index is 0.144. The molecular formula is C18H19N3O3S3. The Morgan fingerprint density at radius 1 is 1.15 bits per heavy atom. The van der Waals surface area contributed by atoms with Crippen molar-refractivity contribution in [2.75, 3.05) is 18.4 Å². The van der Waals surface area contributed by atoms with Crippen molar-refractivity contribution in [2.24, 2.45) is 0 Å². The number of rotatable bonds is 5. The quantitative estimate of drug-likeness (QED) is 0.573. The number of carbonyl (C=O) groups is 1. The van der Waals surface area contributed by atoms with E-state index >= 15 is 0 Å². The molecule has 2 heterocycles. The van der Waals surface area contributed by atoms with Crippen molar-refractivity contribution in [3.8, 4) is 0 Å². The van der Waals surface area contributed by atoms with Crippen LogP contribution >= 0.6 is 23.6 Å². The third-order valence-electron chi connectivity index (χ3n) is 3.99. The standard InChI is InChI=1S/C18H19N3O3S3/c22-17(10-7-15-4-3-13-26-15)20-18(25)19-14-5-8-16(9-6-14)27(23,24)21-11-1-2-12-21/h3-10,13H,1-2,11-12H2,(H2,19,20,22,25). The van der Waals surface area contributed by atoms with Crippen LogP contribution in [-0.2, 0) is 14.8 Å². The molecule has 0 aliphatic carbocycles. The number of nitrogens with zero attached hydrogens (tertiary/aromatic N) is 1. The van der Waals surface area contributed by atoms with Crippen LogP contribution in [0, 0.1) is 0 Å². The molecule has 0 spiro atoms. The zero-order valence-corrected chi connectivity index (χ0v) is 16.9. The van der Waals surface area contributed by atoms with Gasteiger partial charge < -0.3 is 5.32 Å². The molecule has 0 atom stereocenters. The summed E-state index contributed by atoms with van der Waals surface area (Å²) in [6, 6.07) is 10.1. The first-order valence-electron chi connectivity index (χ1n) is 8.39. The minimum Gasteiger partial charge on any atom is -0.332 e. The van der Waals surface area contributed by atoms with Crippen molar-refractivity contribution in [1.29, 1.82) is 0 Å². The highest BCUT2D eigenvalue weighted by molar-refractivity contribution is 7.89. The lowest BCUT2D eigenvalue weighted by Gasteiger charge is -2.16. The molecule has 27 heavy (non-hydrogen) atoms. The van der Waals surface area contributed by atoms with Crippen LogP contribution < -0.4 is 10.6 Å². The predicted octanol–water partition coefficient (Wildman–Crippen LogP) is 3.06. The van der Waals surface area contributed by atoms with Gasteiger partial charge >= 0.3 is 0 Å². The van der Waals surface area contributed by atoms with Crippen LogP contribution in [0.3, 0.4) is 0 Å². The average molecular weight is 422 g/mol. The normalized spacial score (nSPS) is 15.1. The largest absolute Gasteiger partial charge is 0.332 e. The van der Waals surface area contributed by atoms with Crippen LogP contribution in [0.15, 0.2) is 52.7 Å². The number of benzene rings is 1. The molecule has 1 fully saturated rings. The van der Waals surface area contributed by atoms with Gasteiger partial charge in [0.2, 0.25) is 15.9 Å². The Balaban J connectivity index is 1.56. The lowest BCUT2D eigenvalue weighted by Crippen LogP contribution is -2.32. The highest BCUT2D eigenvalue weighted by Gasteiger charge is 2.26. The molecule has 9 heteroatoms. The molecule has 2 N–H and O–H groups in total. The van der Waals surface area contributed by atoms with Crippen LogP contribution in [0.25, 0.3) is 6.08 Å².